The Hall–Kier alpha value is -4.62. The molecule has 3 aromatic heterocycles. The number of nitrogens with one attached hydrogen (secondary N) is 1. The zero-order valence-electron chi connectivity index (χ0n) is 21.3. The summed E-state index contributed by atoms with van der Waals surface area (Å²) < 4.78 is 1.98. The number of carbonyl (C=O) groups is 2. The van der Waals surface area contributed by atoms with E-state index in [2.05, 4.69) is 32.1 Å². The second kappa shape index (κ2) is 10.8. The topological polar surface area (TPSA) is 131 Å². The van der Waals surface area contributed by atoms with E-state index >= 15 is 0 Å². The number of nitrogens with zero attached hydrogens (tertiary/aromatic N) is 6. The molecule has 0 bridgehead atoms. The number of aromatic nitrogens is 5. The molecule has 1 fully saturated rings. The maximum atomic E-state index is 12.8. The molecule has 3 N–H and O–H groups in total. The molecule has 1 atom stereocenters. The van der Waals surface area contributed by atoms with Gasteiger partial charge in [-0.3, -0.25) is 24.3 Å². The van der Waals surface area contributed by atoms with E-state index in [-0.39, 0.29) is 30.3 Å². The second-order valence-electron chi connectivity index (χ2n) is 9.05. The fraction of sp³-hybridized carbons (Fsp3) is 0.286. The molecule has 4 aromatic rings. The lowest BCUT2D eigenvalue weighted by Gasteiger charge is -2.33. The van der Waals surface area contributed by atoms with Crippen molar-refractivity contribution in [3.05, 3.63) is 71.7 Å². The van der Waals surface area contributed by atoms with E-state index in [1.807, 2.05) is 34.6 Å². The van der Waals surface area contributed by atoms with E-state index in [9.17, 15) is 9.59 Å². The van der Waals surface area contributed by atoms with Gasteiger partial charge in [-0.05, 0) is 57.2 Å². The summed E-state index contributed by atoms with van der Waals surface area (Å²) in [6, 6.07) is 8.70. The first-order valence-electron chi connectivity index (χ1n) is 12.5. The van der Waals surface area contributed by atoms with Gasteiger partial charge in [-0.25, -0.2) is 15.0 Å². The molecule has 1 aliphatic rings. The standard InChI is InChI=1S/C28H28N8O2/c1-3-6-23(37)35-15-5-4-7-22(35)26-33-24(25-21(17-29)30-14-16-36(25)26)19-8-10-20(11-9-19)27(38)34-28-31-13-12-18(2)32-28/h8-14,16,22H,4-5,7,15,17,29H2,1-2H3,(H,31,32,34,38). The van der Waals surface area contributed by atoms with Crippen molar-refractivity contribution in [2.24, 2.45) is 5.73 Å². The van der Waals surface area contributed by atoms with Crippen LogP contribution in [0.5, 0.6) is 0 Å². The minimum Gasteiger partial charge on any atom is -0.325 e. The van der Waals surface area contributed by atoms with Gasteiger partial charge < -0.3 is 10.6 Å². The first-order valence-corrected chi connectivity index (χ1v) is 12.5. The van der Waals surface area contributed by atoms with Crippen LogP contribution in [0.3, 0.4) is 0 Å². The van der Waals surface area contributed by atoms with E-state index in [1.165, 1.54) is 0 Å². The number of piperidine rings is 1. The first kappa shape index (κ1) is 25.0. The molecule has 1 unspecified atom stereocenters. The molecule has 0 spiro atoms. The number of likely N-dealkylation sites (tertiary alicyclic amines) is 1. The van der Waals surface area contributed by atoms with Gasteiger partial charge in [0.25, 0.3) is 11.8 Å². The predicted molar refractivity (Wildman–Crippen MR) is 143 cm³/mol. The van der Waals surface area contributed by atoms with Crippen LogP contribution in [0.4, 0.5) is 5.95 Å². The van der Waals surface area contributed by atoms with Crippen LogP contribution in [0, 0.1) is 18.8 Å². The number of carbonyl (C=O) groups excluding carboxylic acids is 2. The number of aryl methyl sites for hydroxylation is 1. The van der Waals surface area contributed by atoms with Crippen molar-refractivity contribution in [2.75, 3.05) is 11.9 Å². The number of benzene rings is 1. The quantitative estimate of drug-likeness (QED) is 0.396. The molecular formula is C28H28N8O2. The summed E-state index contributed by atoms with van der Waals surface area (Å²) in [4.78, 5) is 45.2. The number of anilines is 1. The lowest BCUT2D eigenvalue weighted by Crippen LogP contribution is -2.38. The highest BCUT2D eigenvalue weighted by molar-refractivity contribution is 6.03. The number of rotatable bonds is 5. The fourth-order valence-electron chi connectivity index (χ4n) is 4.80. The fourth-order valence-corrected chi connectivity index (χ4v) is 4.80. The summed E-state index contributed by atoms with van der Waals surface area (Å²) in [6.07, 6.45) is 7.86. The molecule has 0 saturated carbocycles. The normalized spacial score (nSPS) is 15.1. The van der Waals surface area contributed by atoms with Crippen LogP contribution in [-0.2, 0) is 11.3 Å². The Morgan fingerprint density at radius 2 is 1.92 bits per heavy atom. The molecule has 1 aromatic carbocycles. The van der Waals surface area contributed by atoms with E-state index in [1.54, 1.807) is 37.5 Å². The van der Waals surface area contributed by atoms with E-state index in [4.69, 9.17) is 10.7 Å². The van der Waals surface area contributed by atoms with Crippen molar-refractivity contribution >= 4 is 23.3 Å². The zero-order chi connectivity index (χ0) is 26.6. The van der Waals surface area contributed by atoms with Gasteiger partial charge in [0.05, 0.1) is 22.9 Å². The molecule has 0 radical (unpaired) electrons. The van der Waals surface area contributed by atoms with Crippen LogP contribution in [0.1, 0.15) is 59.8 Å². The number of imidazole rings is 1. The van der Waals surface area contributed by atoms with Gasteiger partial charge in [0.1, 0.15) is 5.82 Å². The smallest absolute Gasteiger partial charge is 0.299 e. The highest BCUT2D eigenvalue weighted by Gasteiger charge is 2.32. The van der Waals surface area contributed by atoms with Gasteiger partial charge in [0.2, 0.25) is 5.95 Å². The van der Waals surface area contributed by atoms with Crippen LogP contribution >= 0.6 is 0 Å². The van der Waals surface area contributed by atoms with Crippen molar-refractivity contribution in [2.45, 2.75) is 45.7 Å². The van der Waals surface area contributed by atoms with Gasteiger partial charge in [0, 0.05) is 48.5 Å². The molecule has 2 amide bonds. The average molecular weight is 509 g/mol. The average Bonchev–Trinajstić information content (AvgIpc) is 3.33. The molecule has 10 heteroatoms. The van der Waals surface area contributed by atoms with Crippen molar-refractivity contribution in [3.8, 4) is 23.1 Å². The Labute approximate surface area is 220 Å². The molecule has 0 aliphatic carbocycles. The van der Waals surface area contributed by atoms with Crippen molar-refractivity contribution in [1.82, 2.24) is 29.2 Å². The third-order valence-corrected chi connectivity index (χ3v) is 6.59. The lowest BCUT2D eigenvalue weighted by molar-refractivity contribution is -0.129. The minimum absolute atomic E-state index is 0.198. The van der Waals surface area contributed by atoms with Crippen molar-refractivity contribution < 1.29 is 9.59 Å². The Bertz CT molecular complexity index is 1570. The van der Waals surface area contributed by atoms with Gasteiger partial charge in [0.15, 0.2) is 0 Å². The second-order valence-corrected chi connectivity index (χ2v) is 9.05. The third kappa shape index (κ3) is 4.84. The Balaban J connectivity index is 1.53. The third-order valence-electron chi connectivity index (χ3n) is 6.59. The molecule has 1 aliphatic heterocycles. The number of nitrogens with two attached hydrogens (primary N) is 1. The number of hydrogen-bond donors (Lipinski definition) is 2. The predicted octanol–water partition coefficient (Wildman–Crippen LogP) is 3.28. The lowest BCUT2D eigenvalue weighted by atomic mass is 10.0. The summed E-state index contributed by atoms with van der Waals surface area (Å²) in [5, 5.41) is 2.72. The highest BCUT2D eigenvalue weighted by atomic mass is 16.2. The maximum absolute atomic E-state index is 12.8. The number of hydrogen-bond acceptors (Lipinski definition) is 7. The largest absolute Gasteiger partial charge is 0.325 e. The molecule has 10 nitrogen and oxygen atoms in total. The number of amides is 2. The molecule has 192 valence electrons. The molecule has 38 heavy (non-hydrogen) atoms. The Morgan fingerprint density at radius 1 is 1.11 bits per heavy atom. The van der Waals surface area contributed by atoms with Gasteiger partial charge >= 0.3 is 0 Å². The monoisotopic (exact) mass is 508 g/mol. The zero-order valence-corrected chi connectivity index (χ0v) is 21.3. The van der Waals surface area contributed by atoms with Crippen LogP contribution in [0.2, 0.25) is 0 Å². The van der Waals surface area contributed by atoms with Gasteiger partial charge in [-0.15, -0.1) is 0 Å². The van der Waals surface area contributed by atoms with Crippen molar-refractivity contribution in [1.29, 1.82) is 0 Å². The summed E-state index contributed by atoms with van der Waals surface area (Å²) in [5.74, 6) is 5.89. The maximum Gasteiger partial charge on any atom is 0.299 e. The van der Waals surface area contributed by atoms with Crippen molar-refractivity contribution in [3.63, 3.8) is 0 Å². The summed E-state index contributed by atoms with van der Waals surface area (Å²) in [6.45, 7) is 4.36. The first-order chi connectivity index (χ1) is 18.5. The van der Waals surface area contributed by atoms with Crippen LogP contribution < -0.4 is 11.1 Å². The van der Waals surface area contributed by atoms with Crippen LogP contribution in [0.15, 0.2) is 48.9 Å². The van der Waals surface area contributed by atoms with Crippen LogP contribution in [0.25, 0.3) is 16.8 Å². The van der Waals surface area contributed by atoms with E-state index < -0.39 is 0 Å². The SMILES string of the molecule is CC#CC(=O)N1CCCCC1c1nc(-c2ccc(C(=O)Nc3nccc(C)n3)cc2)c2c(CN)nccn12. The van der Waals surface area contributed by atoms with E-state index in [0.717, 1.165) is 41.9 Å². The highest BCUT2D eigenvalue weighted by Crippen LogP contribution is 2.35. The summed E-state index contributed by atoms with van der Waals surface area (Å²) >= 11 is 0. The Kier molecular flexibility index (Phi) is 7.11. The minimum atomic E-state index is -0.310. The van der Waals surface area contributed by atoms with E-state index in [0.29, 0.717) is 23.5 Å². The summed E-state index contributed by atoms with van der Waals surface area (Å²) in [5.41, 5.74) is 10.3. The molecule has 1 saturated heterocycles. The van der Waals surface area contributed by atoms with Gasteiger partial charge in [-0.1, -0.05) is 18.1 Å². The number of fused-ring (bicyclic) bond motifs is 1. The molecule has 5 rings (SSSR count). The molecule has 4 heterocycles. The molecular weight excluding hydrogens is 480 g/mol. The Morgan fingerprint density at radius 3 is 2.66 bits per heavy atom. The van der Waals surface area contributed by atoms with Gasteiger partial charge in [-0.2, -0.15) is 0 Å². The van der Waals surface area contributed by atoms with Crippen LogP contribution in [-0.4, -0.2) is 47.6 Å². The summed E-state index contributed by atoms with van der Waals surface area (Å²) in [7, 11) is 0.